The second kappa shape index (κ2) is 13.0. The molecule has 0 spiro atoms. The molecule has 0 saturated carbocycles. The fourth-order valence-corrected chi connectivity index (χ4v) is 5.98. The van der Waals surface area contributed by atoms with Crippen molar-refractivity contribution in [1.29, 1.82) is 0 Å². The maximum atomic E-state index is 14.8. The Morgan fingerprint density at radius 2 is 1.48 bits per heavy atom. The number of ether oxygens (including phenoxy) is 2. The van der Waals surface area contributed by atoms with Crippen molar-refractivity contribution in [2.24, 2.45) is 0 Å². The van der Waals surface area contributed by atoms with Gasteiger partial charge in [0.1, 0.15) is 17.8 Å². The summed E-state index contributed by atoms with van der Waals surface area (Å²) in [7, 11) is 1.60. The Labute approximate surface area is 256 Å². The third-order valence-corrected chi connectivity index (χ3v) is 8.31. The molecule has 222 valence electrons. The zero-order valence-corrected chi connectivity index (χ0v) is 25.5. The number of halogens is 2. The lowest BCUT2D eigenvalue weighted by atomic mass is 9.95. The normalized spacial score (nSPS) is 22.8. The number of nitrogens with one attached hydrogen (secondary N) is 2. The summed E-state index contributed by atoms with van der Waals surface area (Å²) in [6, 6.07) is 20.3. The van der Waals surface area contributed by atoms with Crippen LogP contribution in [0.5, 0.6) is 11.5 Å². The predicted octanol–water partition coefficient (Wildman–Crippen LogP) is 4.96. The van der Waals surface area contributed by atoms with Gasteiger partial charge in [0.2, 0.25) is 0 Å². The average Bonchev–Trinajstić information content (AvgIpc) is 3.39. The molecule has 3 aromatic rings. The molecule has 2 N–H and O–H groups in total. The van der Waals surface area contributed by atoms with Gasteiger partial charge in [0, 0.05) is 47.9 Å². The van der Waals surface area contributed by atoms with Crippen LogP contribution in [-0.2, 0) is 15.3 Å². The summed E-state index contributed by atoms with van der Waals surface area (Å²) >= 11 is 12.5. The Kier molecular flexibility index (Phi) is 9.40. The highest BCUT2D eigenvalue weighted by atomic mass is 35.5. The van der Waals surface area contributed by atoms with E-state index in [4.69, 9.17) is 32.7 Å². The minimum Gasteiger partial charge on any atom is -0.497 e. The summed E-state index contributed by atoms with van der Waals surface area (Å²) < 4.78 is 11.8. The molecule has 8 nitrogen and oxygen atoms in total. The fourth-order valence-electron chi connectivity index (χ4n) is 5.73. The molecule has 1 unspecified atom stereocenters. The number of hydrogen-bond donors (Lipinski definition) is 2. The third-order valence-electron chi connectivity index (χ3n) is 7.80. The predicted molar refractivity (Wildman–Crippen MR) is 164 cm³/mol. The molecule has 2 heterocycles. The van der Waals surface area contributed by atoms with Gasteiger partial charge in [0.05, 0.1) is 31.8 Å². The first-order chi connectivity index (χ1) is 20.2. The van der Waals surface area contributed by atoms with Gasteiger partial charge >= 0.3 is 0 Å². The van der Waals surface area contributed by atoms with Gasteiger partial charge in [-0.2, -0.15) is 0 Å². The molecular formula is C32H36Cl2N4O4. The summed E-state index contributed by atoms with van der Waals surface area (Å²) in [5.74, 6) is 1.05. The van der Waals surface area contributed by atoms with E-state index in [9.17, 15) is 9.59 Å². The summed E-state index contributed by atoms with van der Waals surface area (Å²) in [6.45, 7) is 6.46. The summed E-state index contributed by atoms with van der Waals surface area (Å²) in [5, 5.41) is 8.73. The number of hydrogen-bond acceptors (Lipinski definition) is 7. The minimum atomic E-state index is -1.35. The molecule has 3 atom stereocenters. The van der Waals surface area contributed by atoms with Crippen molar-refractivity contribution in [3.8, 4) is 11.5 Å². The number of aldehydes is 1. The second-order valence-corrected chi connectivity index (χ2v) is 11.8. The maximum Gasteiger partial charge on any atom is 0.262 e. The van der Waals surface area contributed by atoms with Crippen LogP contribution in [0, 0.1) is 0 Å². The van der Waals surface area contributed by atoms with Crippen LogP contribution < -0.4 is 20.1 Å². The molecule has 2 saturated heterocycles. The van der Waals surface area contributed by atoms with Crippen molar-refractivity contribution in [2.75, 3.05) is 39.8 Å². The SMILES string of the molecule is COc1ccc(C2(C(=O)N3CCN(CC=O)CC3)N[C@H](c3ccc(Cl)cc3)[C@H](c3ccc(Cl)cc3)N2)c(OC(C)C)c1. The van der Waals surface area contributed by atoms with Crippen molar-refractivity contribution in [3.05, 3.63) is 93.5 Å². The average molecular weight is 612 g/mol. The molecule has 1 amide bonds. The molecule has 5 rings (SSSR count). The van der Waals surface area contributed by atoms with E-state index in [1.807, 2.05) is 90.4 Å². The number of carbonyl (C=O) groups is 2. The van der Waals surface area contributed by atoms with Crippen LogP contribution in [0.3, 0.4) is 0 Å². The number of rotatable bonds is 9. The van der Waals surface area contributed by atoms with Gasteiger partial charge < -0.3 is 19.2 Å². The van der Waals surface area contributed by atoms with Crippen LogP contribution in [0.4, 0.5) is 0 Å². The fraction of sp³-hybridized carbons (Fsp3) is 0.375. The van der Waals surface area contributed by atoms with Gasteiger partial charge in [-0.25, -0.2) is 0 Å². The molecule has 2 aliphatic heterocycles. The van der Waals surface area contributed by atoms with Crippen LogP contribution in [0.15, 0.2) is 66.7 Å². The van der Waals surface area contributed by atoms with Crippen LogP contribution >= 0.6 is 23.2 Å². The van der Waals surface area contributed by atoms with Crippen LogP contribution in [0.2, 0.25) is 10.0 Å². The molecule has 3 aromatic carbocycles. The Morgan fingerprint density at radius 3 is 1.95 bits per heavy atom. The topological polar surface area (TPSA) is 83.1 Å². The number of methoxy groups -OCH3 is 1. The number of carbonyl (C=O) groups excluding carboxylic acids is 2. The van der Waals surface area contributed by atoms with E-state index in [0.717, 1.165) is 17.4 Å². The highest BCUT2D eigenvalue weighted by Crippen LogP contribution is 2.45. The summed E-state index contributed by atoms with van der Waals surface area (Å²) in [6.07, 6.45) is 0.759. The first-order valence-corrected chi connectivity index (χ1v) is 14.9. The van der Waals surface area contributed by atoms with Gasteiger partial charge in [-0.05, 0) is 61.4 Å². The van der Waals surface area contributed by atoms with Gasteiger partial charge in [-0.15, -0.1) is 0 Å². The smallest absolute Gasteiger partial charge is 0.262 e. The molecule has 0 aliphatic carbocycles. The number of benzene rings is 3. The van der Waals surface area contributed by atoms with Crippen molar-refractivity contribution in [3.63, 3.8) is 0 Å². The quantitative estimate of drug-likeness (QED) is 0.331. The molecule has 42 heavy (non-hydrogen) atoms. The molecule has 0 bridgehead atoms. The van der Waals surface area contributed by atoms with E-state index in [1.54, 1.807) is 7.11 Å². The number of nitrogens with zero attached hydrogens (tertiary/aromatic N) is 2. The second-order valence-electron chi connectivity index (χ2n) is 10.9. The van der Waals surface area contributed by atoms with Crippen LogP contribution in [-0.4, -0.2) is 67.9 Å². The van der Waals surface area contributed by atoms with Gasteiger partial charge in [-0.3, -0.25) is 20.3 Å². The van der Waals surface area contributed by atoms with E-state index >= 15 is 0 Å². The van der Waals surface area contributed by atoms with E-state index in [1.165, 1.54) is 0 Å². The molecule has 2 aliphatic rings. The third kappa shape index (κ3) is 6.28. The zero-order chi connectivity index (χ0) is 29.9. The van der Waals surface area contributed by atoms with Gasteiger partial charge in [0.15, 0.2) is 5.66 Å². The van der Waals surface area contributed by atoms with Crippen molar-refractivity contribution >= 4 is 35.4 Å². The lowest BCUT2D eigenvalue weighted by Gasteiger charge is -2.40. The van der Waals surface area contributed by atoms with E-state index in [-0.39, 0.29) is 24.1 Å². The van der Waals surface area contributed by atoms with Crippen molar-refractivity contribution < 1.29 is 19.1 Å². The Hall–Kier alpha value is -3.14. The van der Waals surface area contributed by atoms with Gasteiger partial charge in [0.25, 0.3) is 5.91 Å². The summed E-state index contributed by atoms with van der Waals surface area (Å²) in [4.78, 5) is 29.8. The molecule has 0 aromatic heterocycles. The molecule has 10 heteroatoms. The van der Waals surface area contributed by atoms with E-state index in [2.05, 4.69) is 10.6 Å². The maximum absolute atomic E-state index is 14.8. The molecular weight excluding hydrogens is 575 g/mol. The largest absolute Gasteiger partial charge is 0.497 e. The molecule has 0 radical (unpaired) electrons. The van der Waals surface area contributed by atoms with E-state index in [0.29, 0.717) is 59.8 Å². The zero-order valence-electron chi connectivity index (χ0n) is 24.0. The standard InChI is InChI=1S/C32H36Cl2N4O4/c1-21(2)42-28-20-26(41-3)12-13-27(28)32(31(40)38-16-14-37(15-17-38)18-19-39)35-29(22-4-8-24(33)9-5-22)30(36-32)23-6-10-25(34)11-7-23/h4-13,19-21,29-30,35-36H,14-18H2,1-3H3/t29-,30+,32?. The Bertz CT molecular complexity index is 1340. The highest BCUT2D eigenvalue weighted by molar-refractivity contribution is 6.30. The van der Waals surface area contributed by atoms with Crippen molar-refractivity contribution in [2.45, 2.75) is 37.7 Å². The van der Waals surface area contributed by atoms with Crippen LogP contribution in [0.25, 0.3) is 0 Å². The monoisotopic (exact) mass is 610 g/mol. The van der Waals surface area contributed by atoms with Gasteiger partial charge in [-0.1, -0.05) is 47.5 Å². The number of piperazine rings is 1. The Morgan fingerprint density at radius 1 is 0.929 bits per heavy atom. The minimum absolute atomic E-state index is 0.123. The highest BCUT2D eigenvalue weighted by Gasteiger charge is 2.54. The Balaban J connectivity index is 1.65. The number of amides is 1. The lowest BCUT2D eigenvalue weighted by molar-refractivity contribution is -0.141. The summed E-state index contributed by atoms with van der Waals surface area (Å²) in [5.41, 5.74) is 1.25. The lowest BCUT2D eigenvalue weighted by Crippen LogP contribution is -2.62. The molecule has 2 fully saturated rings. The van der Waals surface area contributed by atoms with E-state index < -0.39 is 5.66 Å². The van der Waals surface area contributed by atoms with Crippen molar-refractivity contribution in [1.82, 2.24) is 20.4 Å². The first-order valence-electron chi connectivity index (χ1n) is 14.1. The first kappa shape index (κ1) is 30.3. The van der Waals surface area contributed by atoms with Crippen LogP contribution in [0.1, 0.15) is 42.6 Å².